The van der Waals surface area contributed by atoms with Crippen LogP contribution in [0.4, 0.5) is 5.69 Å². The number of fused-ring (bicyclic) bond motifs is 1. The SMILES string of the molecule is CSC(C)CNC(=O)c1sc2c(c(C)nn2C)c1N. The van der Waals surface area contributed by atoms with Gasteiger partial charge in [-0.05, 0) is 13.2 Å². The molecule has 0 saturated heterocycles. The molecule has 1 amide bonds. The molecule has 0 aliphatic heterocycles. The normalized spacial score (nSPS) is 12.8. The second-order valence-corrected chi connectivity index (χ2v) is 6.77. The molecule has 0 saturated carbocycles. The summed E-state index contributed by atoms with van der Waals surface area (Å²) in [7, 11) is 1.86. The lowest BCUT2D eigenvalue weighted by molar-refractivity contribution is 0.0959. The van der Waals surface area contributed by atoms with Crippen LogP contribution in [-0.2, 0) is 7.05 Å². The summed E-state index contributed by atoms with van der Waals surface area (Å²) >= 11 is 3.12. The van der Waals surface area contributed by atoms with Crippen molar-refractivity contribution in [2.75, 3.05) is 18.5 Å². The molecule has 5 nitrogen and oxygen atoms in total. The van der Waals surface area contributed by atoms with E-state index >= 15 is 0 Å². The molecule has 0 aliphatic rings. The maximum atomic E-state index is 12.2. The number of carbonyl (C=O) groups excluding carboxylic acids is 1. The molecule has 19 heavy (non-hydrogen) atoms. The number of hydrogen-bond acceptors (Lipinski definition) is 5. The number of carbonyl (C=O) groups is 1. The van der Waals surface area contributed by atoms with Crippen molar-refractivity contribution in [3.8, 4) is 0 Å². The fraction of sp³-hybridized carbons (Fsp3) is 0.500. The molecule has 0 fully saturated rings. The first-order valence-electron chi connectivity index (χ1n) is 5.98. The van der Waals surface area contributed by atoms with E-state index in [1.165, 1.54) is 11.3 Å². The Labute approximate surface area is 120 Å². The molecule has 2 aromatic rings. The fourth-order valence-electron chi connectivity index (χ4n) is 1.90. The third kappa shape index (κ3) is 2.57. The van der Waals surface area contributed by atoms with E-state index in [1.54, 1.807) is 16.4 Å². The van der Waals surface area contributed by atoms with Gasteiger partial charge in [0.05, 0.1) is 16.8 Å². The number of nitrogens with one attached hydrogen (secondary N) is 1. The molecular weight excluding hydrogens is 280 g/mol. The second-order valence-electron chi connectivity index (χ2n) is 4.49. The Morgan fingerprint density at radius 1 is 1.63 bits per heavy atom. The lowest BCUT2D eigenvalue weighted by Crippen LogP contribution is -2.29. The highest BCUT2D eigenvalue weighted by Gasteiger charge is 2.20. The minimum Gasteiger partial charge on any atom is -0.397 e. The quantitative estimate of drug-likeness (QED) is 0.905. The van der Waals surface area contributed by atoms with Crippen LogP contribution in [0.3, 0.4) is 0 Å². The first-order chi connectivity index (χ1) is 8.95. The average Bonchev–Trinajstić information content (AvgIpc) is 2.86. The lowest BCUT2D eigenvalue weighted by atomic mass is 10.2. The van der Waals surface area contributed by atoms with E-state index in [2.05, 4.69) is 17.3 Å². The summed E-state index contributed by atoms with van der Waals surface area (Å²) in [6.07, 6.45) is 2.03. The maximum Gasteiger partial charge on any atom is 0.263 e. The van der Waals surface area contributed by atoms with Crippen LogP contribution in [0.1, 0.15) is 22.3 Å². The maximum absolute atomic E-state index is 12.2. The lowest BCUT2D eigenvalue weighted by Gasteiger charge is -2.09. The molecule has 2 rings (SSSR count). The molecule has 2 aromatic heterocycles. The minimum atomic E-state index is -0.0981. The Bertz CT molecular complexity index is 617. The monoisotopic (exact) mass is 298 g/mol. The van der Waals surface area contributed by atoms with Crippen molar-refractivity contribution in [1.82, 2.24) is 15.1 Å². The molecule has 3 N–H and O–H groups in total. The number of rotatable bonds is 4. The van der Waals surface area contributed by atoms with Crippen LogP contribution >= 0.6 is 23.1 Å². The molecule has 0 bridgehead atoms. The highest BCUT2D eigenvalue weighted by molar-refractivity contribution is 7.99. The zero-order chi connectivity index (χ0) is 14.2. The van der Waals surface area contributed by atoms with Gasteiger partial charge in [0.15, 0.2) is 0 Å². The molecule has 1 atom stereocenters. The number of aryl methyl sites for hydroxylation is 2. The Hall–Kier alpha value is -1.21. The van der Waals surface area contributed by atoms with Crippen LogP contribution in [0.15, 0.2) is 0 Å². The number of aromatic nitrogens is 2. The predicted molar refractivity (Wildman–Crippen MR) is 83.1 cm³/mol. The van der Waals surface area contributed by atoms with Gasteiger partial charge in [0.1, 0.15) is 9.71 Å². The highest BCUT2D eigenvalue weighted by atomic mass is 32.2. The van der Waals surface area contributed by atoms with E-state index in [0.717, 1.165) is 15.9 Å². The van der Waals surface area contributed by atoms with Gasteiger partial charge >= 0.3 is 0 Å². The molecule has 104 valence electrons. The first-order valence-corrected chi connectivity index (χ1v) is 8.08. The predicted octanol–water partition coefficient (Wildman–Crippen LogP) is 2.01. The minimum absolute atomic E-state index is 0.0981. The molecular formula is C12H18N4OS2. The highest BCUT2D eigenvalue weighted by Crippen LogP contribution is 2.35. The van der Waals surface area contributed by atoms with E-state index in [4.69, 9.17) is 5.73 Å². The van der Waals surface area contributed by atoms with Crippen molar-refractivity contribution >= 4 is 44.9 Å². The Kier molecular flexibility index (Phi) is 4.05. The van der Waals surface area contributed by atoms with Crippen LogP contribution in [0.2, 0.25) is 0 Å². The third-order valence-corrected chi connectivity index (χ3v) is 5.28. The number of amides is 1. The number of thiophene rings is 1. The molecule has 1 unspecified atom stereocenters. The summed E-state index contributed by atoms with van der Waals surface area (Å²) in [5.74, 6) is -0.0981. The van der Waals surface area contributed by atoms with Crippen molar-refractivity contribution < 1.29 is 4.79 Å². The van der Waals surface area contributed by atoms with Crippen LogP contribution in [0.25, 0.3) is 10.2 Å². The van der Waals surface area contributed by atoms with Crippen LogP contribution in [0, 0.1) is 6.92 Å². The largest absolute Gasteiger partial charge is 0.397 e. The van der Waals surface area contributed by atoms with Crippen molar-refractivity contribution in [2.24, 2.45) is 7.05 Å². The summed E-state index contributed by atoms with van der Waals surface area (Å²) in [5.41, 5.74) is 7.49. The topological polar surface area (TPSA) is 72.9 Å². The third-order valence-electron chi connectivity index (χ3n) is 3.04. The Morgan fingerprint density at radius 2 is 2.32 bits per heavy atom. The molecule has 0 aromatic carbocycles. The number of anilines is 1. The number of nitrogens with zero attached hydrogens (tertiary/aromatic N) is 2. The van der Waals surface area contributed by atoms with Gasteiger partial charge in [-0.3, -0.25) is 9.48 Å². The Balaban J connectivity index is 2.28. The zero-order valence-electron chi connectivity index (χ0n) is 11.5. The van der Waals surface area contributed by atoms with Crippen molar-refractivity contribution in [3.63, 3.8) is 0 Å². The fourth-order valence-corrected chi connectivity index (χ4v) is 3.25. The van der Waals surface area contributed by atoms with Gasteiger partial charge in [-0.1, -0.05) is 6.92 Å². The van der Waals surface area contributed by atoms with Crippen molar-refractivity contribution in [2.45, 2.75) is 19.1 Å². The summed E-state index contributed by atoms with van der Waals surface area (Å²) in [6, 6.07) is 0. The molecule has 0 spiro atoms. The van der Waals surface area contributed by atoms with E-state index in [1.807, 2.05) is 20.2 Å². The molecule has 2 heterocycles. The number of thioether (sulfide) groups is 1. The van der Waals surface area contributed by atoms with Crippen molar-refractivity contribution in [1.29, 1.82) is 0 Å². The van der Waals surface area contributed by atoms with Gasteiger partial charge in [0.25, 0.3) is 5.91 Å². The van der Waals surface area contributed by atoms with Gasteiger partial charge in [0, 0.05) is 18.8 Å². The molecule has 0 radical (unpaired) electrons. The summed E-state index contributed by atoms with van der Waals surface area (Å²) < 4.78 is 1.77. The van der Waals surface area contributed by atoms with Gasteiger partial charge < -0.3 is 11.1 Å². The summed E-state index contributed by atoms with van der Waals surface area (Å²) in [6.45, 7) is 4.63. The van der Waals surface area contributed by atoms with E-state index in [-0.39, 0.29) is 5.91 Å². The zero-order valence-corrected chi connectivity index (χ0v) is 13.1. The van der Waals surface area contributed by atoms with Gasteiger partial charge in [-0.25, -0.2) is 0 Å². The van der Waals surface area contributed by atoms with E-state index in [0.29, 0.717) is 22.4 Å². The Morgan fingerprint density at radius 3 is 2.89 bits per heavy atom. The van der Waals surface area contributed by atoms with Gasteiger partial charge in [-0.2, -0.15) is 16.9 Å². The number of hydrogen-bond donors (Lipinski definition) is 2. The second kappa shape index (κ2) is 5.42. The summed E-state index contributed by atoms with van der Waals surface area (Å²) in [4.78, 5) is 13.7. The smallest absolute Gasteiger partial charge is 0.263 e. The van der Waals surface area contributed by atoms with Gasteiger partial charge in [0.2, 0.25) is 0 Å². The van der Waals surface area contributed by atoms with Crippen LogP contribution in [0.5, 0.6) is 0 Å². The molecule has 7 heteroatoms. The van der Waals surface area contributed by atoms with Gasteiger partial charge in [-0.15, -0.1) is 11.3 Å². The average molecular weight is 298 g/mol. The number of nitrogen functional groups attached to an aromatic ring is 1. The van der Waals surface area contributed by atoms with Crippen LogP contribution < -0.4 is 11.1 Å². The standard InChI is InChI=1S/C12H18N4OS2/c1-6(18-4)5-14-11(17)10-9(13)8-7(2)15-16(3)12(8)19-10/h6H,5,13H2,1-4H3,(H,14,17). The van der Waals surface area contributed by atoms with E-state index < -0.39 is 0 Å². The molecule has 0 aliphatic carbocycles. The first kappa shape index (κ1) is 14.2. The van der Waals surface area contributed by atoms with E-state index in [9.17, 15) is 4.79 Å². The van der Waals surface area contributed by atoms with Crippen LogP contribution in [-0.4, -0.2) is 33.7 Å². The number of nitrogens with two attached hydrogens (primary N) is 1. The van der Waals surface area contributed by atoms with Crippen molar-refractivity contribution in [3.05, 3.63) is 10.6 Å². The summed E-state index contributed by atoms with van der Waals surface area (Å²) in [5, 5.41) is 8.52.